The Hall–Kier alpha value is -2.40. The number of aliphatic hydroxyl groups excluding tert-OH is 1. The molecule has 0 aliphatic carbocycles. The zero-order valence-electron chi connectivity index (χ0n) is 10.3. The topological polar surface area (TPSA) is 98.7 Å². The molecule has 0 heterocycles. The first-order valence-electron chi connectivity index (χ1n) is 5.88. The van der Waals surface area contributed by atoms with Crippen LogP contribution in [0.3, 0.4) is 0 Å². The minimum atomic E-state index is -0.0227. The van der Waals surface area contributed by atoms with Crippen molar-refractivity contribution in [1.82, 2.24) is 0 Å². The molecule has 0 saturated carbocycles. The lowest BCUT2D eigenvalue weighted by atomic mass is 10.0. The van der Waals surface area contributed by atoms with E-state index in [2.05, 4.69) is 5.32 Å². The summed E-state index contributed by atoms with van der Waals surface area (Å²) in [6.07, 6.45) is 0. The van der Waals surface area contributed by atoms with Gasteiger partial charge in [-0.15, -0.1) is 0 Å². The maximum atomic E-state index is 9.54. The lowest BCUT2D eigenvalue weighted by Gasteiger charge is -2.13. The summed E-state index contributed by atoms with van der Waals surface area (Å²) in [5, 5.41) is 31.0. The number of hydrogen-bond acceptors (Lipinski definition) is 5. The Labute approximate surface area is 110 Å². The van der Waals surface area contributed by atoms with Gasteiger partial charge in [0.15, 0.2) is 0 Å². The SMILES string of the molecule is Nc1ccc(NCCO)c(-c2cc(O)cc(O)c2)c1. The number of benzene rings is 2. The van der Waals surface area contributed by atoms with Gasteiger partial charge in [-0.1, -0.05) is 0 Å². The molecule has 0 atom stereocenters. The Morgan fingerprint density at radius 1 is 1.00 bits per heavy atom. The van der Waals surface area contributed by atoms with Crippen molar-refractivity contribution in [2.75, 3.05) is 24.2 Å². The number of hydrogen-bond donors (Lipinski definition) is 5. The molecule has 0 amide bonds. The fourth-order valence-corrected chi connectivity index (χ4v) is 1.90. The third-order valence-corrected chi connectivity index (χ3v) is 2.68. The Morgan fingerprint density at radius 3 is 2.32 bits per heavy atom. The van der Waals surface area contributed by atoms with E-state index in [1.165, 1.54) is 6.07 Å². The summed E-state index contributed by atoms with van der Waals surface area (Å²) < 4.78 is 0. The molecule has 6 N–H and O–H groups in total. The second-order valence-corrected chi connectivity index (χ2v) is 4.19. The molecule has 2 aromatic carbocycles. The highest BCUT2D eigenvalue weighted by Gasteiger charge is 2.08. The monoisotopic (exact) mass is 260 g/mol. The molecule has 0 unspecified atom stereocenters. The van der Waals surface area contributed by atoms with Crippen LogP contribution in [0.4, 0.5) is 11.4 Å². The van der Waals surface area contributed by atoms with Gasteiger partial charge in [-0.25, -0.2) is 0 Å². The minimum Gasteiger partial charge on any atom is -0.508 e. The Morgan fingerprint density at radius 2 is 1.68 bits per heavy atom. The van der Waals surface area contributed by atoms with E-state index in [0.717, 1.165) is 11.3 Å². The average molecular weight is 260 g/mol. The number of anilines is 2. The summed E-state index contributed by atoms with van der Waals surface area (Å²) in [6.45, 7) is 0.414. The van der Waals surface area contributed by atoms with Gasteiger partial charge in [0.05, 0.1) is 6.61 Å². The molecule has 100 valence electrons. The van der Waals surface area contributed by atoms with Crippen LogP contribution in [0.15, 0.2) is 36.4 Å². The summed E-state index contributed by atoms with van der Waals surface area (Å²) >= 11 is 0. The van der Waals surface area contributed by atoms with Gasteiger partial charge in [-0.3, -0.25) is 0 Å². The van der Waals surface area contributed by atoms with E-state index in [1.807, 2.05) is 0 Å². The minimum absolute atomic E-state index is 0.00903. The molecule has 0 radical (unpaired) electrons. The lowest BCUT2D eigenvalue weighted by molar-refractivity contribution is 0.311. The van der Waals surface area contributed by atoms with E-state index in [-0.39, 0.29) is 18.1 Å². The molecular formula is C14H16N2O3. The van der Waals surface area contributed by atoms with E-state index in [4.69, 9.17) is 10.8 Å². The van der Waals surface area contributed by atoms with Gasteiger partial charge >= 0.3 is 0 Å². The molecule has 2 aromatic rings. The molecule has 0 spiro atoms. The number of phenolic OH excluding ortho intramolecular Hbond substituents is 2. The molecule has 0 aliphatic heterocycles. The molecule has 0 bridgehead atoms. The molecule has 0 fully saturated rings. The smallest absolute Gasteiger partial charge is 0.119 e. The fraction of sp³-hybridized carbons (Fsp3) is 0.143. The summed E-state index contributed by atoms with van der Waals surface area (Å²) in [6, 6.07) is 9.62. The molecule has 19 heavy (non-hydrogen) atoms. The average Bonchev–Trinajstić information content (AvgIpc) is 2.36. The number of phenols is 2. The van der Waals surface area contributed by atoms with Crippen LogP contribution < -0.4 is 11.1 Å². The molecule has 0 aliphatic rings. The Bertz CT molecular complexity index is 565. The molecular weight excluding hydrogens is 244 g/mol. The largest absolute Gasteiger partial charge is 0.508 e. The standard InChI is InChI=1S/C14H16N2O3/c15-10-1-2-14(16-3-4-17)13(7-10)9-5-11(18)8-12(19)6-9/h1-2,5-8,16-19H,3-4,15H2. The predicted molar refractivity (Wildman–Crippen MR) is 75.2 cm³/mol. The van der Waals surface area contributed by atoms with Crippen molar-refractivity contribution < 1.29 is 15.3 Å². The highest BCUT2D eigenvalue weighted by atomic mass is 16.3. The molecule has 5 heteroatoms. The van der Waals surface area contributed by atoms with Crippen LogP contribution in [0.25, 0.3) is 11.1 Å². The predicted octanol–water partition coefficient (Wildman–Crippen LogP) is 1.75. The maximum Gasteiger partial charge on any atom is 0.119 e. The first-order valence-corrected chi connectivity index (χ1v) is 5.88. The van der Waals surface area contributed by atoms with E-state index in [9.17, 15) is 10.2 Å². The van der Waals surface area contributed by atoms with Crippen molar-refractivity contribution in [3.8, 4) is 22.6 Å². The van der Waals surface area contributed by atoms with Crippen molar-refractivity contribution in [3.63, 3.8) is 0 Å². The summed E-state index contributed by atoms with van der Waals surface area (Å²) in [5.74, 6) is -0.0453. The summed E-state index contributed by atoms with van der Waals surface area (Å²) in [4.78, 5) is 0. The van der Waals surface area contributed by atoms with Crippen LogP contribution in [0.2, 0.25) is 0 Å². The normalized spacial score (nSPS) is 10.4. The number of nitrogens with two attached hydrogens (primary N) is 1. The van der Waals surface area contributed by atoms with Gasteiger partial charge in [-0.2, -0.15) is 0 Å². The van der Waals surface area contributed by atoms with Crippen molar-refractivity contribution in [2.24, 2.45) is 0 Å². The Kier molecular flexibility index (Phi) is 3.77. The molecule has 0 aromatic heterocycles. The second kappa shape index (κ2) is 5.49. The summed E-state index contributed by atoms with van der Waals surface area (Å²) in [5.41, 5.74) is 8.51. The third-order valence-electron chi connectivity index (χ3n) is 2.68. The zero-order valence-corrected chi connectivity index (χ0v) is 10.3. The van der Waals surface area contributed by atoms with E-state index in [0.29, 0.717) is 17.8 Å². The zero-order chi connectivity index (χ0) is 13.8. The van der Waals surface area contributed by atoms with E-state index in [1.54, 1.807) is 30.3 Å². The van der Waals surface area contributed by atoms with Crippen LogP contribution in [0, 0.1) is 0 Å². The van der Waals surface area contributed by atoms with Gasteiger partial charge < -0.3 is 26.4 Å². The molecule has 5 nitrogen and oxygen atoms in total. The third kappa shape index (κ3) is 3.08. The Balaban J connectivity index is 2.49. The first kappa shape index (κ1) is 13.0. The first-order chi connectivity index (χ1) is 9.10. The van der Waals surface area contributed by atoms with Gasteiger partial charge in [0, 0.05) is 29.5 Å². The number of nitrogen functional groups attached to an aromatic ring is 1. The van der Waals surface area contributed by atoms with E-state index < -0.39 is 0 Å². The quantitative estimate of drug-likeness (QED) is 0.539. The van der Waals surface area contributed by atoms with Crippen LogP contribution in [0.5, 0.6) is 11.5 Å². The van der Waals surface area contributed by atoms with Crippen LogP contribution in [-0.4, -0.2) is 28.5 Å². The number of aromatic hydroxyl groups is 2. The lowest BCUT2D eigenvalue weighted by Crippen LogP contribution is -2.06. The van der Waals surface area contributed by atoms with E-state index >= 15 is 0 Å². The van der Waals surface area contributed by atoms with Gasteiger partial charge in [-0.05, 0) is 35.9 Å². The van der Waals surface area contributed by atoms with Crippen molar-refractivity contribution in [3.05, 3.63) is 36.4 Å². The van der Waals surface area contributed by atoms with Crippen molar-refractivity contribution in [2.45, 2.75) is 0 Å². The number of aliphatic hydroxyl groups is 1. The van der Waals surface area contributed by atoms with Crippen molar-refractivity contribution >= 4 is 11.4 Å². The highest BCUT2D eigenvalue weighted by Crippen LogP contribution is 2.34. The van der Waals surface area contributed by atoms with Crippen molar-refractivity contribution in [1.29, 1.82) is 0 Å². The summed E-state index contributed by atoms with van der Waals surface area (Å²) in [7, 11) is 0. The van der Waals surface area contributed by atoms with Gasteiger partial charge in [0.2, 0.25) is 0 Å². The van der Waals surface area contributed by atoms with Crippen LogP contribution in [0.1, 0.15) is 0 Å². The highest BCUT2D eigenvalue weighted by molar-refractivity contribution is 5.82. The molecule has 2 rings (SSSR count). The second-order valence-electron chi connectivity index (χ2n) is 4.19. The number of nitrogens with one attached hydrogen (secondary N) is 1. The maximum absolute atomic E-state index is 9.54. The van der Waals surface area contributed by atoms with Crippen LogP contribution in [-0.2, 0) is 0 Å². The van der Waals surface area contributed by atoms with Crippen LogP contribution >= 0.6 is 0 Å². The molecule has 0 saturated heterocycles. The number of rotatable bonds is 4. The van der Waals surface area contributed by atoms with Gasteiger partial charge in [0.1, 0.15) is 11.5 Å². The van der Waals surface area contributed by atoms with Gasteiger partial charge in [0.25, 0.3) is 0 Å². The fourth-order valence-electron chi connectivity index (χ4n) is 1.90.